The van der Waals surface area contributed by atoms with Crippen LogP contribution in [0.5, 0.6) is 0 Å². The van der Waals surface area contributed by atoms with Crippen molar-refractivity contribution in [2.75, 3.05) is 26.4 Å². The number of hydrogen-bond donors (Lipinski definition) is 1. The summed E-state index contributed by atoms with van der Waals surface area (Å²) in [6.45, 7) is 26.6. The minimum absolute atomic E-state index is 0. The molecule has 2 heterocycles. The van der Waals surface area contributed by atoms with Crippen molar-refractivity contribution in [1.29, 1.82) is 0 Å². The SMILES string of the molecule is CCOC(=O)[C@@H]1CCC(=O)CN1C(=O)OC(C)(C)C.CCOC(=O)[C@@H]1CCC(=O)N1C(=O)OC(C)(C)C.CCOC(=O)[C@H](CCC(=O)C=[N+]=[N-])NC(=O)OC(C)(C)C.[CH2-]CCC.[Li+]. The summed E-state index contributed by atoms with van der Waals surface area (Å²) in [6, 6.07) is -2.59. The third kappa shape index (κ3) is 28.5. The van der Waals surface area contributed by atoms with E-state index in [1.807, 2.05) is 0 Å². The van der Waals surface area contributed by atoms with Gasteiger partial charge < -0.3 is 46.2 Å². The molecule has 63 heavy (non-hydrogen) atoms. The second-order valence-electron chi connectivity index (χ2n) is 16.6. The van der Waals surface area contributed by atoms with E-state index in [0.29, 0.717) is 0 Å². The van der Waals surface area contributed by atoms with E-state index in [-0.39, 0.29) is 89.5 Å². The molecule has 0 aromatic carbocycles. The Morgan fingerprint density at radius 3 is 1.67 bits per heavy atom. The molecule has 4 amide bonds. The molecule has 2 rings (SSSR count). The first kappa shape index (κ1) is 62.5. The van der Waals surface area contributed by atoms with Crippen LogP contribution in [0.25, 0.3) is 5.53 Å². The van der Waals surface area contributed by atoms with Crippen molar-refractivity contribution in [3.63, 3.8) is 0 Å². The van der Waals surface area contributed by atoms with Gasteiger partial charge in [-0.3, -0.25) is 19.3 Å². The number of ketones is 2. The molecule has 3 atom stereocenters. The van der Waals surface area contributed by atoms with Crippen molar-refractivity contribution in [2.45, 2.75) is 176 Å². The number of ether oxygens (including phenoxy) is 6. The zero-order valence-corrected chi connectivity index (χ0v) is 39.9. The summed E-state index contributed by atoms with van der Waals surface area (Å²) >= 11 is 0. The Morgan fingerprint density at radius 2 is 1.22 bits per heavy atom. The van der Waals surface area contributed by atoms with Crippen LogP contribution in [0, 0.1) is 6.92 Å². The van der Waals surface area contributed by atoms with E-state index in [9.17, 15) is 43.2 Å². The number of likely N-dealkylation sites (tertiary alicyclic amines) is 2. The van der Waals surface area contributed by atoms with Crippen molar-refractivity contribution in [3.8, 4) is 0 Å². The zero-order chi connectivity index (χ0) is 48.4. The smallest absolute Gasteiger partial charge is 0.464 e. The molecule has 20 nitrogen and oxygen atoms in total. The van der Waals surface area contributed by atoms with E-state index in [4.69, 9.17) is 34.0 Å². The number of nitrogens with one attached hydrogen (secondary N) is 1. The number of piperidine rings is 1. The summed E-state index contributed by atoms with van der Waals surface area (Å²) in [5.74, 6) is -2.65. The Hall–Kier alpha value is -4.79. The van der Waals surface area contributed by atoms with E-state index < -0.39 is 82.8 Å². The molecule has 0 radical (unpaired) electrons. The molecule has 0 unspecified atom stereocenters. The van der Waals surface area contributed by atoms with E-state index in [1.54, 1.807) is 83.1 Å². The first-order valence-electron chi connectivity index (χ1n) is 20.7. The van der Waals surface area contributed by atoms with Crippen LogP contribution in [-0.2, 0) is 57.2 Å². The quantitative estimate of drug-likeness (QED) is 0.0562. The molecule has 0 aromatic heterocycles. The predicted octanol–water partition coefficient (Wildman–Crippen LogP) is 2.71. The standard InChI is InChI=1S/C13H21N3O5.C13H21NO5.C12H19NO5.C4H9.Li/c1-5-20-11(18)10(7-6-9(17)8-15-14)16-12(19)21-13(2,3)4;1-5-18-11(16)10-7-6-9(15)8-14(10)12(17)19-13(2,3)4;1-5-17-10(15)8-6-7-9(14)13(8)11(16)18-12(2,3)4;1-3-4-2;/h8,10H,5-7H2,1-4H3,(H,16,19);10H,5-8H2,1-4H3;8H,5-7H2,1-4H3;1,3-4H2,2H3;/q;;;-1;+1/t2*10-;8-;;/m000../s1. The van der Waals surface area contributed by atoms with Crippen LogP contribution in [0.2, 0.25) is 0 Å². The number of nitrogens with zero attached hydrogens (tertiary/aromatic N) is 4. The van der Waals surface area contributed by atoms with Crippen LogP contribution < -0.4 is 24.2 Å². The van der Waals surface area contributed by atoms with Crippen molar-refractivity contribution in [3.05, 3.63) is 12.5 Å². The zero-order valence-electron chi connectivity index (χ0n) is 39.9. The maximum atomic E-state index is 12.0. The van der Waals surface area contributed by atoms with Gasteiger partial charge in [0.2, 0.25) is 11.7 Å². The van der Waals surface area contributed by atoms with Gasteiger partial charge in [-0.25, -0.2) is 33.7 Å². The van der Waals surface area contributed by atoms with Gasteiger partial charge in [-0.15, -0.1) is 0 Å². The third-order valence-electron chi connectivity index (χ3n) is 7.46. The Balaban J connectivity index is -0.000000815. The molecule has 0 saturated carbocycles. The predicted molar refractivity (Wildman–Crippen MR) is 224 cm³/mol. The number of esters is 3. The molecule has 0 spiro atoms. The summed E-state index contributed by atoms with van der Waals surface area (Å²) in [7, 11) is 0. The molecule has 0 aliphatic carbocycles. The van der Waals surface area contributed by atoms with Crippen LogP contribution >= 0.6 is 0 Å². The van der Waals surface area contributed by atoms with Crippen molar-refractivity contribution in [2.24, 2.45) is 0 Å². The fourth-order valence-electron chi connectivity index (χ4n) is 4.87. The fourth-order valence-corrected chi connectivity index (χ4v) is 4.87. The van der Waals surface area contributed by atoms with E-state index in [0.717, 1.165) is 22.4 Å². The number of carbonyl (C=O) groups excluding carboxylic acids is 9. The Bertz CT molecular complexity index is 1560. The molecule has 1 N–H and O–H groups in total. The third-order valence-corrected chi connectivity index (χ3v) is 7.46. The van der Waals surface area contributed by atoms with Gasteiger partial charge in [0, 0.05) is 19.3 Å². The van der Waals surface area contributed by atoms with E-state index in [2.05, 4.69) is 24.0 Å². The molecule has 2 fully saturated rings. The molecular weight excluding hydrogens is 821 g/mol. The van der Waals surface area contributed by atoms with Crippen molar-refractivity contribution in [1.82, 2.24) is 15.1 Å². The average molecular weight is 892 g/mol. The number of alkyl carbamates (subject to hydrolysis) is 1. The summed E-state index contributed by atoms with van der Waals surface area (Å²) in [5, 5.41) is 2.36. The van der Waals surface area contributed by atoms with Crippen molar-refractivity contribution < 1.29 is 95.2 Å². The number of unbranched alkanes of at least 4 members (excludes halogenated alkanes) is 1. The summed E-state index contributed by atoms with van der Waals surface area (Å²) in [4.78, 5) is 110. The minimum atomic E-state index is -1.00. The van der Waals surface area contributed by atoms with Gasteiger partial charge in [-0.05, 0) is 102 Å². The molecular formula is C42H70LiN5O15. The van der Waals surface area contributed by atoms with Crippen LogP contribution in [0.15, 0.2) is 0 Å². The fraction of sp³-hybridized carbons (Fsp3) is 0.738. The van der Waals surface area contributed by atoms with Crippen molar-refractivity contribution >= 4 is 59.9 Å². The molecule has 0 bridgehead atoms. The van der Waals surface area contributed by atoms with Gasteiger partial charge in [0.05, 0.1) is 26.4 Å². The summed E-state index contributed by atoms with van der Waals surface area (Å²) in [5.41, 5.74) is 6.15. The van der Waals surface area contributed by atoms with E-state index >= 15 is 0 Å². The molecule has 21 heteroatoms. The maximum absolute atomic E-state index is 12.0. The minimum Gasteiger partial charge on any atom is -0.464 e. The molecule has 0 aromatic rings. The molecule has 2 saturated heterocycles. The number of Topliss-reactive ketones (excluding diaryl/α,β-unsaturated/α-hetero) is 2. The largest absolute Gasteiger partial charge is 1.00 e. The average Bonchev–Trinajstić information content (AvgIpc) is 3.53. The van der Waals surface area contributed by atoms with Crippen LogP contribution in [0.3, 0.4) is 0 Å². The number of carbonyl (C=O) groups is 9. The molecule has 2 aliphatic heterocycles. The van der Waals surface area contributed by atoms with Gasteiger partial charge in [0.25, 0.3) is 0 Å². The first-order chi connectivity index (χ1) is 28.6. The van der Waals surface area contributed by atoms with E-state index in [1.165, 1.54) is 6.42 Å². The number of imide groups is 1. The molecule has 354 valence electrons. The second kappa shape index (κ2) is 31.1. The van der Waals surface area contributed by atoms with Gasteiger partial charge in [0.1, 0.15) is 34.9 Å². The summed E-state index contributed by atoms with van der Waals surface area (Å²) in [6.07, 6.45) is 1.74. The Labute approximate surface area is 384 Å². The second-order valence-corrected chi connectivity index (χ2v) is 16.6. The van der Waals surface area contributed by atoms with Gasteiger partial charge >= 0.3 is 61.3 Å². The number of hydrogen-bond acceptors (Lipinski definition) is 15. The monoisotopic (exact) mass is 892 g/mol. The van der Waals surface area contributed by atoms with Gasteiger partial charge in [0.15, 0.2) is 5.78 Å². The van der Waals surface area contributed by atoms with Crippen LogP contribution in [0.4, 0.5) is 14.4 Å². The summed E-state index contributed by atoms with van der Waals surface area (Å²) < 4.78 is 30.0. The number of amides is 4. The van der Waals surface area contributed by atoms with Crippen LogP contribution in [0.1, 0.15) is 141 Å². The number of rotatable bonds is 12. The Morgan fingerprint density at radius 1 is 0.762 bits per heavy atom. The topological polar surface area (TPSA) is 264 Å². The molecule has 2 aliphatic rings. The first-order valence-corrected chi connectivity index (χ1v) is 20.7. The van der Waals surface area contributed by atoms with Gasteiger partial charge in [-0.2, -0.15) is 11.2 Å². The maximum Gasteiger partial charge on any atom is 1.00 e. The van der Waals surface area contributed by atoms with Gasteiger partial charge in [-0.1, -0.05) is 13.3 Å². The Kier molecular flexibility index (Phi) is 30.9. The normalized spacial score (nSPS) is 16.2. The van der Waals surface area contributed by atoms with Crippen LogP contribution in [-0.4, -0.2) is 136 Å².